The molecule has 0 aliphatic carbocycles. The van der Waals surface area contributed by atoms with Crippen LogP contribution in [0.3, 0.4) is 0 Å². The molecule has 2 rings (SSSR count). The number of carbonyl (C=O) groups excluding carboxylic acids is 1. The molecule has 22 heavy (non-hydrogen) atoms. The predicted octanol–water partition coefficient (Wildman–Crippen LogP) is 1.89. The lowest BCUT2D eigenvalue weighted by molar-refractivity contribution is 0.143. The first-order valence-electron chi connectivity index (χ1n) is 8.02. The van der Waals surface area contributed by atoms with Crippen LogP contribution < -0.4 is 10.1 Å². The summed E-state index contributed by atoms with van der Waals surface area (Å²) in [5.41, 5.74) is 2.34. The van der Waals surface area contributed by atoms with E-state index in [9.17, 15) is 4.79 Å². The first-order valence-corrected chi connectivity index (χ1v) is 8.02. The Morgan fingerprint density at radius 2 is 2.00 bits per heavy atom. The second-order valence-electron chi connectivity index (χ2n) is 5.72. The number of hydrogen-bond donors (Lipinski definition) is 1. The molecule has 0 saturated carbocycles. The van der Waals surface area contributed by atoms with Crippen molar-refractivity contribution >= 4 is 6.03 Å². The average Bonchev–Trinajstić information content (AvgIpc) is 2.55. The summed E-state index contributed by atoms with van der Waals surface area (Å²) in [5.74, 6) is 0.886. The fourth-order valence-electron chi connectivity index (χ4n) is 2.79. The smallest absolute Gasteiger partial charge is 0.317 e. The van der Waals surface area contributed by atoms with Gasteiger partial charge >= 0.3 is 6.03 Å². The fourth-order valence-corrected chi connectivity index (χ4v) is 2.79. The van der Waals surface area contributed by atoms with Crippen molar-refractivity contribution in [2.24, 2.45) is 0 Å². The Labute approximate surface area is 133 Å². The van der Waals surface area contributed by atoms with Crippen molar-refractivity contribution < 1.29 is 9.53 Å². The van der Waals surface area contributed by atoms with Crippen LogP contribution in [0.1, 0.15) is 18.1 Å². The van der Waals surface area contributed by atoms with Gasteiger partial charge in [0.2, 0.25) is 0 Å². The van der Waals surface area contributed by atoms with Gasteiger partial charge in [-0.3, -0.25) is 0 Å². The van der Waals surface area contributed by atoms with Crippen molar-refractivity contribution in [3.63, 3.8) is 0 Å². The highest BCUT2D eigenvalue weighted by Gasteiger charge is 2.19. The maximum absolute atomic E-state index is 12.2. The highest BCUT2D eigenvalue weighted by atomic mass is 16.5. The molecule has 0 spiro atoms. The molecule has 1 aliphatic heterocycles. The first-order chi connectivity index (χ1) is 10.6. The van der Waals surface area contributed by atoms with E-state index in [1.54, 1.807) is 7.11 Å². The van der Waals surface area contributed by atoms with Gasteiger partial charge in [0.15, 0.2) is 0 Å². The number of likely N-dealkylation sites (N-methyl/N-ethyl adjacent to an activating group) is 1. The van der Waals surface area contributed by atoms with Gasteiger partial charge in [-0.05, 0) is 31.5 Å². The molecular weight excluding hydrogens is 278 g/mol. The summed E-state index contributed by atoms with van der Waals surface area (Å²) in [6, 6.07) is 6.18. The number of ether oxygens (including phenoxy) is 1. The third-order valence-electron chi connectivity index (χ3n) is 4.21. The summed E-state index contributed by atoms with van der Waals surface area (Å²) in [6.07, 6.45) is 0.783. The topological polar surface area (TPSA) is 44.8 Å². The van der Waals surface area contributed by atoms with Gasteiger partial charge in [0, 0.05) is 32.7 Å². The molecular formula is C17H27N3O2. The second-order valence-corrected chi connectivity index (χ2v) is 5.72. The normalized spacial score (nSPS) is 15.7. The van der Waals surface area contributed by atoms with Gasteiger partial charge in [0.1, 0.15) is 5.75 Å². The highest BCUT2D eigenvalue weighted by molar-refractivity contribution is 5.74. The van der Waals surface area contributed by atoms with Gasteiger partial charge in [-0.25, -0.2) is 4.79 Å². The van der Waals surface area contributed by atoms with Crippen LogP contribution in [0.2, 0.25) is 0 Å². The molecule has 1 N–H and O–H groups in total. The molecule has 0 aromatic heterocycles. The Morgan fingerprint density at radius 1 is 1.27 bits per heavy atom. The molecule has 1 saturated heterocycles. The van der Waals surface area contributed by atoms with E-state index in [2.05, 4.69) is 30.1 Å². The largest absolute Gasteiger partial charge is 0.496 e. The third-order valence-corrected chi connectivity index (χ3v) is 4.21. The third kappa shape index (κ3) is 4.37. The van der Waals surface area contributed by atoms with Crippen LogP contribution in [0.5, 0.6) is 5.75 Å². The molecule has 0 unspecified atom stereocenters. The summed E-state index contributed by atoms with van der Waals surface area (Å²) < 4.78 is 5.37. The maximum atomic E-state index is 12.2. The van der Waals surface area contributed by atoms with Crippen molar-refractivity contribution in [3.05, 3.63) is 29.3 Å². The van der Waals surface area contributed by atoms with E-state index in [-0.39, 0.29) is 6.03 Å². The molecule has 1 heterocycles. The van der Waals surface area contributed by atoms with Gasteiger partial charge in [0.25, 0.3) is 0 Å². The van der Waals surface area contributed by atoms with E-state index in [0.29, 0.717) is 6.54 Å². The van der Waals surface area contributed by atoms with Crippen LogP contribution in [0.15, 0.2) is 18.2 Å². The molecule has 1 fully saturated rings. The van der Waals surface area contributed by atoms with E-state index in [1.807, 2.05) is 17.0 Å². The number of aryl methyl sites for hydroxylation is 1. The number of piperazine rings is 1. The summed E-state index contributed by atoms with van der Waals surface area (Å²) in [5, 5.41) is 3.02. The zero-order valence-electron chi connectivity index (χ0n) is 13.9. The summed E-state index contributed by atoms with van der Waals surface area (Å²) >= 11 is 0. The number of urea groups is 1. The summed E-state index contributed by atoms with van der Waals surface area (Å²) in [7, 11) is 1.68. The molecule has 5 nitrogen and oxygen atoms in total. The Bertz CT molecular complexity index is 497. The summed E-state index contributed by atoms with van der Waals surface area (Å²) in [4.78, 5) is 16.4. The monoisotopic (exact) mass is 305 g/mol. The standard InChI is InChI=1S/C17H27N3O2/c1-4-19-9-11-20(12-10-19)17(21)18-8-7-15-13-14(2)5-6-16(15)22-3/h5-6,13H,4,7-12H2,1-3H3,(H,18,21). The van der Waals surface area contributed by atoms with Gasteiger partial charge in [0.05, 0.1) is 7.11 Å². The Hall–Kier alpha value is -1.75. The van der Waals surface area contributed by atoms with Crippen molar-refractivity contribution in [2.75, 3.05) is 46.4 Å². The molecule has 1 aromatic carbocycles. The SMILES string of the molecule is CCN1CCN(C(=O)NCCc2cc(C)ccc2OC)CC1. The van der Waals surface area contributed by atoms with Crippen molar-refractivity contribution in [2.45, 2.75) is 20.3 Å². The molecule has 122 valence electrons. The number of benzene rings is 1. The number of nitrogens with one attached hydrogen (secondary N) is 1. The summed E-state index contributed by atoms with van der Waals surface area (Å²) in [6.45, 7) is 9.47. The minimum absolute atomic E-state index is 0.0439. The lowest BCUT2D eigenvalue weighted by atomic mass is 10.1. The number of carbonyl (C=O) groups is 1. The van der Waals surface area contributed by atoms with Crippen LogP contribution in [-0.2, 0) is 6.42 Å². The Morgan fingerprint density at radius 3 is 2.64 bits per heavy atom. The van der Waals surface area contributed by atoms with Crippen molar-refractivity contribution in [3.8, 4) is 5.75 Å². The molecule has 1 aromatic rings. The van der Waals surface area contributed by atoms with Crippen LogP contribution in [0, 0.1) is 6.92 Å². The molecule has 1 aliphatic rings. The zero-order valence-corrected chi connectivity index (χ0v) is 13.9. The van der Waals surface area contributed by atoms with Crippen molar-refractivity contribution in [1.29, 1.82) is 0 Å². The molecule has 5 heteroatoms. The zero-order chi connectivity index (χ0) is 15.9. The maximum Gasteiger partial charge on any atom is 0.317 e. The minimum atomic E-state index is 0.0439. The minimum Gasteiger partial charge on any atom is -0.496 e. The number of rotatable bonds is 5. The number of methoxy groups -OCH3 is 1. The lowest BCUT2D eigenvalue weighted by Crippen LogP contribution is -2.51. The van der Waals surface area contributed by atoms with Crippen LogP contribution in [-0.4, -0.2) is 62.2 Å². The van der Waals surface area contributed by atoms with E-state index in [1.165, 1.54) is 5.56 Å². The number of nitrogens with zero attached hydrogens (tertiary/aromatic N) is 2. The average molecular weight is 305 g/mol. The van der Waals surface area contributed by atoms with E-state index in [0.717, 1.165) is 50.5 Å². The fraction of sp³-hybridized carbons (Fsp3) is 0.588. The molecule has 0 radical (unpaired) electrons. The van der Waals surface area contributed by atoms with Crippen molar-refractivity contribution in [1.82, 2.24) is 15.1 Å². The first kappa shape index (κ1) is 16.6. The highest BCUT2D eigenvalue weighted by Crippen LogP contribution is 2.19. The van der Waals surface area contributed by atoms with E-state index >= 15 is 0 Å². The predicted molar refractivity (Wildman–Crippen MR) is 88.5 cm³/mol. The molecule has 0 atom stereocenters. The van der Waals surface area contributed by atoms with Crippen LogP contribution in [0.4, 0.5) is 4.79 Å². The number of hydrogen-bond acceptors (Lipinski definition) is 3. The van der Waals surface area contributed by atoms with Gasteiger partial charge < -0.3 is 19.9 Å². The van der Waals surface area contributed by atoms with E-state index in [4.69, 9.17) is 4.74 Å². The van der Waals surface area contributed by atoms with Gasteiger partial charge in [-0.15, -0.1) is 0 Å². The van der Waals surface area contributed by atoms with Gasteiger partial charge in [-0.2, -0.15) is 0 Å². The number of amides is 2. The van der Waals surface area contributed by atoms with Crippen LogP contribution >= 0.6 is 0 Å². The Kier molecular flexibility index (Phi) is 6.07. The van der Waals surface area contributed by atoms with Gasteiger partial charge in [-0.1, -0.05) is 24.6 Å². The molecule has 2 amide bonds. The second kappa shape index (κ2) is 8.03. The van der Waals surface area contributed by atoms with E-state index < -0.39 is 0 Å². The Balaban J connectivity index is 1.79. The lowest BCUT2D eigenvalue weighted by Gasteiger charge is -2.34. The van der Waals surface area contributed by atoms with Crippen LogP contribution in [0.25, 0.3) is 0 Å². The quantitative estimate of drug-likeness (QED) is 0.903. The molecule has 0 bridgehead atoms.